The lowest BCUT2D eigenvalue weighted by molar-refractivity contribution is 0.132. The highest BCUT2D eigenvalue weighted by molar-refractivity contribution is 5.96. The van der Waals surface area contributed by atoms with E-state index in [4.69, 9.17) is 0 Å². The lowest BCUT2D eigenvalue weighted by Gasteiger charge is -2.26. The SMILES string of the molecule is CNC[C@@H](O)[C@H](c1cccc(F)c1)n1cc(-c2ccc(C(C)(C)C)cc2)c2ccccc21. The summed E-state index contributed by atoms with van der Waals surface area (Å²) in [7, 11) is 1.81. The van der Waals surface area contributed by atoms with E-state index >= 15 is 0 Å². The number of aliphatic hydroxyl groups excluding tert-OH is 1. The summed E-state index contributed by atoms with van der Waals surface area (Å²) in [5.74, 6) is -0.307. The fourth-order valence-corrected chi connectivity index (χ4v) is 4.39. The van der Waals surface area contributed by atoms with E-state index in [-0.39, 0.29) is 11.2 Å². The minimum atomic E-state index is -0.728. The second kappa shape index (κ2) is 8.89. The van der Waals surface area contributed by atoms with E-state index < -0.39 is 12.1 Å². The molecule has 4 heteroatoms. The molecule has 0 saturated carbocycles. The van der Waals surface area contributed by atoms with Crippen LogP contribution in [0.3, 0.4) is 0 Å². The second-order valence-corrected chi connectivity index (χ2v) is 9.42. The third-order valence-electron chi connectivity index (χ3n) is 6.07. The fraction of sp³-hybridized carbons (Fsp3) is 0.286. The summed E-state index contributed by atoms with van der Waals surface area (Å²) in [5, 5.41) is 15.2. The molecule has 0 radical (unpaired) electrons. The van der Waals surface area contributed by atoms with Gasteiger partial charge in [-0.1, -0.05) is 75.4 Å². The van der Waals surface area contributed by atoms with E-state index in [0.717, 1.165) is 27.6 Å². The van der Waals surface area contributed by atoms with Gasteiger partial charge in [0.2, 0.25) is 0 Å². The normalized spacial score (nSPS) is 13.9. The number of nitrogens with zero attached hydrogens (tertiary/aromatic N) is 1. The highest BCUT2D eigenvalue weighted by atomic mass is 19.1. The molecule has 0 unspecified atom stereocenters. The van der Waals surface area contributed by atoms with Crippen molar-refractivity contribution in [3.63, 3.8) is 0 Å². The number of nitrogens with one attached hydrogen (secondary N) is 1. The Morgan fingerprint density at radius 3 is 2.34 bits per heavy atom. The van der Waals surface area contributed by atoms with Crippen LogP contribution in [0.1, 0.15) is 37.9 Å². The molecule has 0 fully saturated rings. The fourth-order valence-electron chi connectivity index (χ4n) is 4.39. The number of hydrogen-bond donors (Lipinski definition) is 2. The maximum absolute atomic E-state index is 14.1. The Bertz CT molecular complexity index is 1200. The van der Waals surface area contributed by atoms with Gasteiger partial charge < -0.3 is 15.0 Å². The van der Waals surface area contributed by atoms with Gasteiger partial charge in [-0.05, 0) is 47.4 Å². The summed E-state index contributed by atoms with van der Waals surface area (Å²) in [6, 6.07) is 23.0. The number of aliphatic hydroxyl groups is 1. The maximum atomic E-state index is 14.1. The molecule has 4 rings (SSSR count). The summed E-state index contributed by atoms with van der Waals surface area (Å²) in [6.45, 7) is 7.02. The van der Waals surface area contributed by atoms with Gasteiger partial charge in [0.05, 0.1) is 12.1 Å². The van der Waals surface area contributed by atoms with Crippen molar-refractivity contribution in [3.05, 3.63) is 95.9 Å². The monoisotopic (exact) mass is 430 g/mol. The lowest BCUT2D eigenvalue weighted by atomic mass is 9.86. The van der Waals surface area contributed by atoms with Gasteiger partial charge in [0, 0.05) is 29.2 Å². The molecule has 0 spiro atoms. The van der Waals surface area contributed by atoms with E-state index in [2.05, 4.69) is 73.3 Å². The minimum Gasteiger partial charge on any atom is -0.389 e. The van der Waals surface area contributed by atoms with E-state index in [1.807, 2.05) is 25.2 Å². The highest BCUT2D eigenvalue weighted by Crippen LogP contribution is 2.36. The number of aromatic nitrogens is 1. The summed E-state index contributed by atoms with van der Waals surface area (Å²) in [6.07, 6.45) is 1.36. The molecule has 0 bridgehead atoms. The van der Waals surface area contributed by atoms with E-state index in [9.17, 15) is 9.50 Å². The number of benzene rings is 3. The molecule has 32 heavy (non-hydrogen) atoms. The van der Waals surface area contributed by atoms with Gasteiger partial charge in [-0.15, -0.1) is 0 Å². The van der Waals surface area contributed by atoms with Gasteiger partial charge in [0.15, 0.2) is 0 Å². The number of hydrogen-bond acceptors (Lipinski definition) is 2. The van der Waals surface area contributed by atoms with Crippen molar-refractivity contribution in [1.29, 1.82) is 0 Å². The first-order valence-electron chi connectivity index (χ1n) is 11.1. The van der Waals surface area contributed by atoms with Crippen molar-refractivity contribution in [2.24, 2.45) is 0 Å². The third-order valence-corrected chi connectivity index (χ3v) is 6.07. The summed E-state index contributed by atoms with van der Waals surface area (Å²) >= 11 is 0. The quantitative estimate of drug-likeness (QED) is 0.399. The molecule has 0 aliphatic rings. The van der Waals surface area contributed by atoms with Crippen LogP contribution in [0.5, 0.6) is 0 Å². The topological polar surface area (TPSA) is 37.2 Å². The molecule has 0 aliphatic heterocycles. The van der Waals surface area contributed by atoms with Crippen molar-refractivity contribution >= 4 is 10.9 Å². The predicted molar refractivity (Wildman–Crippen MR) is 131 cm³/mol. The van der Waals surface area contributed by atoms with Crippen LogP contribution in [0.4, 0.5) is 4.39 Å². The Morgan fingerprint density at radius 2 is 1.69 bits per heavy atom. The van der Waals surface area contributed by atoms with Crippen LogP contribution in [0, 0.1) is 5.82 Å². The molecule has 3 aromatic carbocycles. The first kappa shape index (κ1) is 22.3. The standard InChI is InChI=1S/C28H31FN2O/c1-28(2,3)21-14-12-19(13-15-21)24-18-31(25-11-6-5-10-23(24)25)27(26(32)17-30-4)20-8-7-9-22(29)16-20/h5-16,18,26-27,30,32H,17H2,1-4H3/t26-,27+/m1/s1. The molecule has 3 nitrogen and oxygen atoms in total. The zero-order valence-electron chi connectivity index (χ0n) is 19.1. The molecule has 4 aromatic rings. The Labute approximate surface area is 189 Å². The molecule has 0 amide bonds. The number of fused-ring (bicyclic) bond motifs is 1. The van der Waals surface area contributed by atoms with Crippen LogP contribution in [-0.2, 0) is 5.41 Å². The van der Waals surface area contributed by atoms with Crippen LogP contribution in [0.25, 0.3) is 22.0 Å². The van der Waals surface area contributed by atoms with Gasteiger partial charge in [-0.25, -0.2) is 4.39 Å². The van der Waals surface area contributed by atoms with Crippen molar-refractivity contribution < 1.29 is 9.50 Å². The van der Waals surface area contributed by atoms with Crippen molar-refractivity contribution in [3.8, 4) is 11.1 Å². The predicted octanol–water partition coefficient (Wildman–Crippen LogP) is 5.91. The largest absolute Gasteiger partial charge is 0.389 e. The zero-order valence-corrected chi connectivity index (χ0v) is 19.1. The Hall–Kier alpha value is -2.95. The molecule has 0 aliphatic carbocycles. The zero-order chi connectivity index (χ0) is 22.9. The van der Waals surface area contributed by atoms with E-state index in [1.54, 1.807) is 6.07 Å². The Balaban J connectivity index is 1.89. The molecule has 1 aromatic heterocycles. The Kier molecular flexibility index (Phi) is 6.18. The molecule has 2 N–H and O–H groups in total. The highest BCUT2D eigenvalue weighted by Gasteiger charge is 2.26. The Morgan fingerprint density at radius 1 is 0.969 bits per heavy atom. The summed E-state index contributed by atoms with van der Waals surface area (Å²) in [5.41, 5.74) is 5.34. The molecule has 2 atom stereocenters. The van der Waals surface area contributed by atoms with Crippen LogP contribution < -0.4 is 5.32 Å². The van der Waals surface area contributed by atoms with Gasteiger partial charge >= 0.3 is 0 Å². The smallest absolute Gasteiger partial charge is 0.123 e. The minimum absolute atomic E-state index is 0.0896. The van der Waals surface area contributed by atoms with Crippen molar-refractivity contribution in [2.45, 2.75) is 38.3 Å². The van der Waals surface area contributed by atoms with E-state index in [0.29, 0.717) is 6.54 Å². The molecule has 0 saturated heterocycles. The average molecular weight is 431 g/mol. The average Bonchev–Trinajstić information content (AvgIpc) is 3.13. The number of likely N-dealkylation sites (N-methyl/N-ethyl adjacent to an activating group) is 1. The van der Waals surface area contributed by atoms with Gasteiger partial charge in [-0.3, -0.25) is 0 Å². The summed E-state index contributed by atoms with van der Waals surface area (Å²) < 4.78 is 16.2. The third kappa shape index (κ3) is 4.34. The molecular formula is C28H31FN2O. The number of rotatable bonds is 6. The van der Waals surface area contributed by atoms with Crippen LogP contribution >= 0.6 is 0 Å². The van der Waals surface area contributed by atoms with Crippen molar-refractivity contribution in [1.82, 2.24) is 9.88 Å². The first-order chi connectivity index (χ1) is 15.3. The van der Waals surface area contributed by atoms with Gasteiger partial charge in [-0.2, -0.15) is 0 Å². The van der Waals surface area contributed by atoms with Crippen LogP contribution in [-0.4, -0.2) is 29.4 Å². The van der Waals surface area contributed by atoms with Gasteiger partial charge in [0.25, 0.3) is 0 Å². The molecular weight excluding hydrogens is 399 g/mol. The maximum Gasteiger partial charge on any atom is 0.123 e. The number of halogens is 1. The first-order valence-corrected chi connectivity index (χ1v) is 11.1. The van der Waals surface area contributed by atoms with Crippen LogP contribution in [0.2, 0.25) is 0 Å². The number of para-hydroxylation sites is 1. The lowest BCUT2D eigenvalue weighted by Crippen LogP contribution is -2.33. The van der Waals surface area contributed by atoms with E-state index in [1.165, 1.54) is 17.7 Å². The van der Waals surface area contributed by atoms with Gasteiger partial charge in [0.1, 0.15) is 5.82 Å². The molecule has 1 heterocycles. The van der Waals surface area contributed by atoms with Crippen molar-refractivity contribution in [2.75, 3.05) is 13.6 Å². The summed E-state index contributed by atoms with van der Waals surface area (Å²) in [4.78, 5) is 0. The molecule has 166 valence electrons. The van der Waals surface area contributed by atoms with Crippen LogP contribution in [0.15, 0.2) is 79.0 Å². The second-order valence-electron chi connectivity index (χ2n) is 9.42.